The summed E-state index contributed by atoms with van der Waals surface area (Å²) in [5.41, 5.74) is 2.74. The molecule has 6 nitrogen and oxygen atoms in total. The number of sulfonamides is 1. The smallest absolute Gasteiger partial charge is 0.243 e. The molecule has 3 rings (SSSR count). The first-order valence-electron chi connectivity index (χ1n) is 9.50. The summed E-state index contributed by atoms with van der Waals surface area (Å²) in [4.78, 5) is 2.58. The fourth-order valence-electron chi connectivity index (χ4n) is 3.45. The number of rotatable bonds is 8. The second kappa shape index (κ2) is 8.63. The van der Waals surface area contributed by atoms with Crippen molar-refractivity contribution < 1.29 is 13.2 Å². The Hall–Kier alpha value is -2.56. The van der Waals surface area contributed by atoms with Crippen molar-refractivity contribution in [3.63, 3.8) is 0 Å². The Labute approximate surface area is 167 Å². The van der Waals surface area contributed by atoms with E-state index in [2.05, 4.69) is 11.0 Å². The summed E-state index contributed by atoms with van der Waals surface area (Å²) in [7, 11) is -3.43. The van der Waals surface area contributed by atoms with Crippen LogP contribution in [0.3, 0.4) is 0 Å². The largest absolute Gasteiger partial charge is 0.492 e. The van der Waals surface area contributed by atoms with Gasteiger partial charge in [-0.05, 0) is 54.4 Å². The molecule has 2 aromatic rings. The van der Waals surface area contributed by atoms with E-state index in [9.17, 15) is 8.42 Å². The molecule has 0 saturated heterocycles. The molecular formula is C21H25N3O3S. The Bertz CT molecular complexity index is 961. The first-order chi connectivity index (χ1) is 13.5. The third kappa shape index (κ3) is 4.13. The van der Waals surface area contributed by atoms with E-state index in [-0.39, 0.29) is 0 Å². The number of anilines is 1. The van der Waals surface area contributed by atoms with Gasteiger partial charge in [0.25, 0.3) is 0 Å². The fraction of sp³-hybridized carbons (Fsp3) is 0.381. The molecule has 148 valence electrons. The van der Waals surface area contributed by atoms with E-state index < -0.39 is 10.0 Å². The summed E-state index contributed by atoms with van der Waals surface area (Å²) < 4.78 is 32.7. The number of nitriles is 1. The molecule has 0 aromatic heterocycles. The van der Waals surface area contributed by atoms with Crippen LogP contribution in [0.5, 0.6) is 5.75 Å². The van der Waals surface area contributed by atoms with Crippen LogP contribution in [0.1, 0.15) is 25.0 Å². The van der Waals surface area contributed by atoms with Crippen LogP contribution in [0.4, 0.5) is 5.69 Å². The van der Waals surface area contributed by atoms with Crippen LogP contribution < -0.4 is 9.64 Å². The van der Waals surface area contributed by atoms with Gasteiger partial charge in [0.05, 0.1) is 23.1 Å². The zero-order chi connectivity index (χ0) is 20.1. The van der Waals surface area contributed by atoms with Gasteiger partial charge in [-0.2, -0.15) is 9.57 Å². The number of benzene rings is 2. The highest BCUT2D eigenvalue weighted by Gasteiger charge is 2.25. The molecule has 0 saturated carbocycles. The Balaban J connectivity index is 1.65. The van der Waals surface area contributed by atoms with Crippen LogP contribution in [0.25, 0.3) is 0 Å². The van der Waals surface area contributed by atoms with Crippen molar-refractivity contribution in [1.82, 2.24) is 4.31 Å². The lowest BCUT2D eigenvalue weighted by Crippen LogP contribution is -2.30. The summed E-state index contributed by atoms with van der Waals surface area (Å²) in [6, 6.07) is 14.6. The van der Waals surface area contributed by atoms with Crippen LogP contribution in [-0.2, 0) is 16.4 Å². The molecule has 1 heterocycles. The van der Waals surface area contributed by atoms with Crippen molar-refractivity contribution in [1.29, 1.82) is 5.26 Å². The zero-order valence-electron chi connectivity index (χ0n) is 16.3. The van der Waals surface area contributed by atoms with Crippen molar-refractivity contribution in [2.24, 2.45) is 0 Å². The van der Waals surface area contributed by atoms with Gasteiger partial charge in [-0.3, -0.25) is 0 Å². The molecule has 0 aliphatic carbocycles. The van der Waals surface area contributed by atoms with E-state index in [4.69, 9.17) is 10.00 Å². The van der Waals surface area contributed by atoms with Crippen LogP contribution >= 0.6 is 0 Å². The van der Waals surface area contributed by atoms with Crippen LogP contribution in [0.15, 0.2) is 47.4 Å². The molecular weight excluding hydrogens is 374 g/mol. The lowest BCUT2D eigenvalue weighted by atomic mass is 10.2. The first-order valence-corrected chi connectivity index (χ1v) is 10.9. The van der Waals surface area contributed by atoms with Gasteiger partial charge < -0.3 is 9.64 Å². The molecule has 0 N–H and O–H groups in total. The van der Waals surface area contributed by atoms with Gasteiger partial charge in [-0.1, -0.05) is 13.8 Å². The van der Waals surface area contributed by atoms with Gasteiger partial charge in [0.2, 0.25) is 10.0 Å². The highest BCUT2D eigenvalue weighted by atomic mass is 32.2. The van der Waals surface area contributed by atoms with E-state index in [1.807, 2.05) is 26.0 Å². The van der Waals surface area contributed by atoms with Gasteiger partial charge in [0, 0.05) is 25.3 Å². The quantitative estimate of drug-likeness (QED) is 0.682. The second-order valence-corrected chi connectivity index (χ2v) is 8.54. The monoisotopic (exact) mass is 399 g/mol. The molecule has 1 aliphatic rings. The highest BCUT2D eigenvalue weighted by Crippen LogP contribution is 2.31. The number of fused-ring (bicyclic) bond motifs is 1. The Morgan fingerprint density at radius 3 is 2.50 bits per heavy atom. The van der Waals surface area contributed by atoms with Gasteiger partial charge >= 0.3 is 0 Å². The minimum absolute atomic E-state index is 0.366. The van der Waals surface area contributed by atoms with Gasteiger partial charge in [0.1, 0.15) is 12.4 Å². The zero-order valence-corrected chi connectivity index (χ0v) is 17.1. The number of hydrogen-bond acceptors (Lipinski definition) is 5. The molecule has 1 aliphatic heterocycles. The Morgan fingerprint density at radius 1 is 1.14 bits per heavy atom. The topological polar surface area (TPSA) is 73.6 Å². The summed E-state index contributed by atoms with van der Waals surface area (Å²) in [5.74, 6) is 0.735. The summed E-state index contributed by atoms with van der Waals surface area (Å²) in [5, 5.41) is 8.83. The van der Waals surface area contributed by atoms with E-state index in [1.165, 1.54) is 4.31 Å². The molecule has 7 heteroatoms. The number of hydrogen-bond donors (Lipinski definition) is 0. The SMILES string of the molecule is CCN(CC)S(=O)(=O)c1ccc2c(c1)CCN2CCOc1ccc(C#N)cc1. The average Bonchev–Trinajstić information content (AvgIpc) is 3.11. The molecule has 28 heavy (non-hydrogen) atoms. The van der Waals surface area contributed by atoms with Crippen molar-refractivity contribution in [3.8, 4) is 11.8 Å². The van der Waals surface area contributed by atoms with E-state index >= 15 is 0 Å². The maximum Gasteiger partial charge on any atom is 0.243 e. The first kappa shape index (κ1) is 20.2. The van der Waals surface area contributed by atoms with Crippen LogP contribution in [0, 0.1) is 11.3 Å². The average molecular weight is 400 g/mol. The molecule has 2 aromatic carbocycles. The summed E-state index contributed by atoms with van der Waals surface area (Å²) in [6.07, 6.45) is 0.827. The van der Waals surface area contributed by atoms with E-state index in [0.29, 0.717) is 30.2 Å². The maximum atomic E-state index is 12.7. The number of nitrogens with zero attached hydrogens (tertiary/aromatic N) is 3. The lowest BCUT2D eigenvalue weighted by Gasteiger charge is -2.21. The predicted octanol–water partition coefficient (Wildman–Crippen LogP) is 3.03. The standard InChI is InChI=1S/C21H25N3O3S/c1-3-24(4-2)28(25,26)20-9-10-21-18(15-20)11-12-23(21)13-14-27-19-7-5-17(16-22)6-8-19/h5-10,15H,3-4,11-14H2,1-2H3. The second-order valence-electron chi connectivity index (χ2n) is 6.60. The maximum absolute atomic E-state index is 12.7. The lowest BCUT2D eigenvalue weighted by molar-refractivity contribution is 0.324. The normalized spacial score (nSPS) is 13.4. The van der Waals surface area contributed by atoms with Crippen molar-refractivity contribution in [3.05, 3.63) is 53.6 Å². The predicted molar refractivity (Wildman–Crippen MR) is 109 cm³/mol. The molecule has 0 amide bonds. The van der Waals surface area contributed by atoms with Gasteiger partial charge in [0.15, 0.2) is 0 Å². The van der Waals surface area contributed by atoms with Gasteiger partial charge in [-0.25, -0.2) is 8.42 Å². The van der Waals surface area contributed by atoms with E-state index in [1.54, 1.807) is 30.3 Å². The van der Waals surface area contributed by atoms with Crippen LogP contribution in [-0.4, -0.2) is 45.5 Å². The highest BCUT2D eigenvalue weighted by molar-refractivity contribution is 7.89. The minimum Gasteiger partial charge on any atom is -0.492 e. The molecule has 0 bridgehead atoms. The van der Waals surface area contributed by atoms with Crippen molar-refractivity contribution >= 4 is 15.7 Å². The molecule has 0 spiro atoms. The molecule has 0 unspecified atom stereocenters. The van der Waals surface area contributed by atoms with Gasteiger partial charge in [-0.15, -0.1) is 0 Å². The molecule has 0 atom stereocenters. The van der Waals surface area contributed by atoms with Crippen LogP contribution in [0.2, 0.25) is 0 Å². The summed E-state index contributed by atoms with van der Waals surface area (Å²) >= 11 is 0. The third-order valence-corrected chi connectivity index (χ3v) is 7.05. The molecule has 0 fully saturated rings. The number of ether oxygens (including phenoxy) is 1. The third-order valence-electron chi connectivity index (χ3n) is 5.00. The van der Waals surface area contributed by atoms with Crippen molar-refractivity contribution in [2.45, 2.75) is 25.2 Å². The van der Waals surface area contributed by atoms with Crippen molar-refractivity contribution in [2.75, 3.05) is 37.7 Å². The molecule has 0 radical (unpaired) electrons. The fourth-order valence-corrected chi connectivity index (χ4v) is 4.96. The van der Waals surface area contributed by atoms with E-state index in [0.717, 1.165) is 36.5 Å². The minimum atomic E-state index is -3.43. The Morgan fingerprint density at radius 2 is 1.86 bits per heavy atom. The summed E-state index contributed by atoms with van der Waals surface area (Å²) in [6.45, 7) is 6.72. The Kier molecular flexibility index (Phi) is 6.22.